The van der Waals surface area contributed by atoms with Gasteiger partial charge in [-0.15, -0.1) is 0 Å². The number of benzene rings is 3. The molecule has 2 N–H and O–H groups in total. The molecule has 0 fully saturated rings. The van der Waals surface area contributed by atoms with Gasteiger partial charge in [0.1, 0.15) is 0 Å². The van der Waals surface area contributed by atoms with E-state index in [1.807, 2.05) is 61.3 Å². The van der Waals surface area contributed by atoms with Crippen LogP contribution >= 0.6 is 0 Å². The van der Waals surface area contributed by atoms with Crippen LogP contribution in [0.5, 0.6) is 0 Å². The molecule has 0 heterocycles. The fraction of sp³-hybridized carbons (Fsp3) is 0.154. The Kier molecular flexibility index (Phi) is 7.35. The summed E-state index contributed by atoms with van der Waals surface area (Å²) in [6, 6.07) is 22.0. The number of amides is 1. The number of rotatable bonds is 8. The SMILES string of the molecule is Cc1cccc(C(=O)Nc2ccc(C(=O)/C=C/c3ccc(N(C)CCO)cc3)cc2)c1. The summed E-state index contributed by atoms with van der Waals surface area (Å²) in [5.41, 5.74) is 4.71. The van der Waals surface area contributed by atoms with E-state index >= 15 is 0 Å². The molecule has 0 aromatic heterocycles. The van der Waals surface area contributed by atoms with Crippen LogP contribution in [0.2, 0.25) is 0 Å². The van der Waals surface area contributed by atoms with Crippen LogP contribution in [0.4, 0.5) is 11.4 Å². The Hall–Kier alpha value is -3.70. The van der Waals surface area contributed by atoms with E-state index in [0.717, 1.165) is 16.8 Å². The summed E-state index contributed by atoms with van der Waals surface area (Å²) in [7, 11) is 1.91. The van der Waals surface area contributed by atoms with Crippen molar-refractivity contribution in [2.45, 2.75) is 6.92 Å². The first-order chi connectivity index (χ1) is 15.0. The zero-order valence-electron chi connectivity index (χ0n) is 17.7. The van der Waals surface area contributed by atoms with Gasteiger partial charge in [-0.05, 0) is 67.1 Å². The van der Waals surface area contributed by atoms with Crippen molar-refractivity contribution in [1.29, 1.82) is 0 Å². The van der Waals surface area contributed by atoms with Crippen LogP contribution in [0, 0.1) is 6.92 Å². The van der Waals surface area contributed by atoms with Crippen molar-refractivity contribution in [3.05, 3.63) is 101 Å². The van der Waals surface area contributed by atoms with E-state index in [1.165, 1.54) is 6.08 Å². The van der Waals surface area contributed by atoms with E-state index in [2.05, 4.69) is 5.32 Å². The lowest BCUT2D eigenvalue weighted by atomic mass is 10.1. The number of aryl methyl sites for hydroxylation is 1. The summed E-state index contributed by atoms with van der Waals surface area (Å²) < 4.78 is 0. The number of anilines is 2. The van der Waals surface area contributed by atoms with Crippen molar-refractivity contribution >= 4 is 29.1 Å². The summed E-state index contributed by atoms with van der Waals surface area (Å²) in [6.07, 6.45) is 3.30. The van der Waals surface area contributed by atoms with Gasteiger partial charge in [-0.25, -0.2) is 0 Å². The second kappa shape index (κ2) is 10.4. The van der Waals surface area contributed by atoms with Crippen LogP contribution < -0.4 is 10.2 Å². The summed E-state index contributed by atoms with van der Waals surface area (Å²) in [4.78, 5) is 26.8. The molecule has 3 rings (SSSR count). The molecule has 0 aliphatic carbocycles. The van der Waals surface area contributed by atoms with Crippen molar-refractivity contribution in [3.63, 3.8) is 0 Å². The first kappa shape index (κ1) is 22.0. The summed E-state index contributed by atoms with van der Waals surface area (Å²) in [5, 5.41) is 11.9. The Morgan fingerprint density at radius 1 is 0.968 bits per heavy atom. The van der Waals surface area contributed by atoms with Crippen LogP contribution in [-0.2, 0) is 0 Å². The maximum absolute atomic E-state index is 12.5. The van der Waals surface area contributed by atoms with E-state index in [9.17, 15) is 9.59 Å². The number of likely N-dealkylation sites (N-methyl/N-ethyl adjacent to an activating group) is 1. The number of hydrogen-bond donors (Lipinski definition) is 2. The molecule has 158 valence electrons. The van der Waals surface area contributed by atoms with E-state index in [4.69, 9.17) is 5.11 Å². The fourth-order valence-corrected chi connectivity index (χ4v) is 3.09. The molecule has 5 heteroatoms. The molecule has 3 aromatic carbocycles. The third-order valence-electron chi connectivity index (χ3n) is 4.90. The molecule has 0 atom stereocenters. The standard InChI is InChI=1S/C26H26N2O3/c1-19-4-3-5-22(18-19)26(31)27-23-11-9-21(10-12-23)25(30)15-8-20-6-13-24(14-7-20)28(2)16-17-29/h3-15,18,29H,16-17H2,1-2H3,(H,27,31)/b15-8+. The van der Waals surface area contributed by atoms with Gasteiger partial charge in [0, 0.05) is 36.1 Å². The molecule has 0 radical (unpaired) electrons. The monoisotopic (exact) mass is 414 g/mol. The lowest BCUT2D eigenvalue weighted by Gasteiger charge is -2.17. The Balaban J connectivity index is 1.60. The molecule has 3 aromatic rings. The van der Waals surface area contributed by atoms with Crippen LogP contribution in [0.25, 0.3) is 6.08 Å². The predicted octanol–water partition coefficient (Wildman–Crippen LogP) is 4.57. The number of nitrogens with one attached hydrogen (secondary N) is 1. The number of aliphatic hydroxyl groups excluding tert-OH is 1. The van der Waals surface area contributed by atoms with Gasteiger partial charge in [-0.2, -0.15) is 0 Å². The van der Waals surface area contributed by atoms with Crippen LogP contribution in [0.1, 0.15) is 31.8 Å². The molecular weight excluding hydrogens is 388 g/mol. The van der Waals surface area contributed by atoms with Crippen LogP contribution in [-0.4, -0.2) is 37.0 Å². The number of aliphatic hydroxyl groups is 1. The van der Waals surface area contributed by atoms with E-state index in [0.29, 0.717) is 23.4 Å². The fourth-order valence-electron chi connectivity index (χ4n) is 3.09. The third kappa shape index (κ3) is 6.14. The minimum absolute atomic E-state index is 0.0983. The molecule has 0 aliphatic rings. The van der Waals surface area contributed by atoms with Crippen molar-refractivity contribution in [3.8, 4) is 0 Å². The number of allylic oxidation sites excluding steroid dienone is 1. The van der Waals surface area contributed by atoms with Gasteiger partial charge in [-0.3, -0.25) is 9.59 Å². The van der Waals surface area contributed by atoms with Crippen molar-refractivity contribution in [2.75, 3.05) is 30.4 Å². The Morgan fingerprint density at radius 3 is 2.32 bits per heavy atom. The Bertz CT molecular complexity index is 1070. The highest BCUT2D eigenvalue weighted by molar-refractivity contribution is 6.08. The smallest absolute Gasteiger partial charge is 0.255 e. The normalized spacial score (nSPS) is 10.8. The molecule has 0 saturated heterocycles. The maximum atomic E-state index is 12.5. The Morgan fingerprint density at radius 2 is 1.68 bits per heavy atom. The number of ketones is 1. The first-order valence-corrected chi connectivity index (χ1v) is 10.1. The Labute approximate surface area is 182 Å². The molecule has 1 amide bonds. The number of hydrogen-bond acceptors (Lipinski definition) is 4. The van der Waals surface area contributed by atoms with Crippen molar-refractivity contribution in [2.24, 2.45) is 0 Å². The molecule has 0 spiro atoms. The zero-order chi connectivity index (χ0) is 22.2. The van der Waals surface area contributed by atoms with Gasteiger partial charge in [0.15, 0.2) is 5.78 Å². The second-order valence-corrected chi connectivity index (χ2v) is 7.34. The molecule has 0 saturated carbocycles. The van der Waals surface area contributed by atoms with Crippen molar-refractivity contribution < 1.29 is 14.7 Å². The van der Waals surface area contributed by atoms with Crippen LogP contribution in [0.15, 0.2) is 78.9 Å². The van der Waals surface area contributed by atoms with Gasteiger partial charge in [0.25, 0.3) is 5.91 Å². The number of carbonyl (C=O) groups is 2. The van der Waals surface area contributed by atoms with Gasteiger partial charge in [0.05, 0.1) is 6.61 Å². The topological polar surface area (TPSA) is 69.6 Å². The quantitative estimate of drug-likeness (QED) is 0.418. The highest BCUT2D eigenvalue weighted by atomic mass is 16.3. The molecule has 5 nitrogen and oxygen atoms in total. The number of carbonyl (C=O) groups excluding carboxylic acids is 2. The number of nitrogens with zero attached hydrogens (tertiary/aromatic N) is 1. The van der Waals surface area contributed by atoms with Gasteiger partial charge in [-0.1, -0.05) is 35.9 Å². The van der Waals surface area contributed by atoms with Gasteiger partial charge < -0.3 is 15.3 Å². The minimum Gasteiger partial charge on any atom is -0.395 e. The molecule has 0 unspecified atom stereocenters. The van der Waals surface area contributed by atoms with Gasteiger partial charge in [0.2, 0.25) is 0 Å². The molecule has 0 aliphatic heterocycles. The highest BCUT2D eigenvalue weighted by Crippen LogP contribution is 2.16. The first-order valence-electron chi connectivity index (χ1n) is 10.1. The van der Waals surface area contributed by atoms with E-state index in [-0.39, 0.29) is 18.3 Å². The average Bonchev–Trinajstić information content (AvgIpc) is 2.78. The van der Waals surface area contributed by atoms with E-state index < -0.39 is 0 Å². The molecular formula is C26H26N2O3. The second-order valence-electron chi connectivity index (χ2n) is 7.34. The largest absolute Gasteiger partial charge is 0.395 e. The minimum atomic E-state index is -0.184. The van der Waals surface area contributed by atoms with Crippen molar-refractivity contribution in [1.82, 2.24) is 0 Å². The highest BCUT2D eigenvalue weighted by Gasteiger charge is 2.07. The van der Waals surface area contributed by atoms with Crippen LogP contribution in [0.3, 0.4) is 0 Å². The third-order valence-corrected chi connectivity index (χ3v) is 4.90. The predicted molar refractivity (Wildman–Crippen MR) is 126 cm³/mol. The summed E-state index contributed by atoms with van der Waals surface area (Å²) in [6.45, 7) is 2.60. The molecule has 31 heavy (non-hydrogen) atoms. The maximum Gasteiger partial charge on any atom is 0.255 e. The van der Waals surface area contributed by atoms with E-state index in [1.54, 1.807) is 36.4 Å². The lowest BCUT2D eigenvalue weighted by Crippen LogP contribution is -2.20. The van der Waals surface area contributed by atoms with Gasteiger partial charge >= 0.3 is 0 Å². The lowest BCUT2D eigenvalue weighted by molar-refractivity contribution is 0.102. The zero-order valence-corrected chi connectivity index (χ0v) is 17.7. The average molecular weight is 415 g/mol. The summed E-state index contributed by atoms with van der Waals surface area (Å²) in [5.74, 6) is -0.297. The molecule has 0 bridgehead atoms. The summed E-state index contributed by atoms with van der Waals surface area (Å²) >= 11 is 0.